The maximum atomic E-state index is 5.90. The number of hydrogen-bond acceptors (Lipinski definition) is 2. The first-order chi connectivity index (χ1) is 9.16. The lowest BCUT2D eigenvalue weighted by Crippen LogP contribution is -2.27. The molecule has 106 valence electrons. The van der Waals surface area contributed by atoms with Gasteiger partial charge in [0.25, 0.3) is 0 Å². The lowest BCUT2D eigenvalue weighted by Gasteiger charge is -2.27. The van der Waals surface area contributed by atoms with Crippen molar-refractivity contribution in [1.82, 2.24) is 0 Å². The minimum atomic E-state index is 0.242. The summed E-state index contributed by atoms with van der Waals surface area (Å²) in [6.45, 7) is 6.72. The molecule has 2 nitrogen and oxygen atoms in total. The molecule has 0 aromatic heterocycles. The third-order valence-corrected chi connectivity index (χ3v) is 4.09. The molecular weight excluding hydrogens is 232 g/mol. The van der Waals surface area contributed by atoms with Crippen LogP contribution in [0.4, 0.5) is 5.69 Å². The van der Waals surface area contributed by atoms with Gasteiger partial charge in [-0.1, -0.05) is 25.3 Å². The Kier molecular flexibility index (Phi) is 5.26. The molecule has 0 bridgehead atoms. The average Bonchev–Trinajstić information content (AvgIpc) is 2.31. The number of aryl methyl sites for hydroxylation is 1. The highest BCUT2D eigenvalue weighted by Gasteiger charge is 2.10. The van der Waals surface area contributed by atoms with Gasteiger partial charge in [-0.2, -0.15) is 0 Å². The largest absolute Gasteiger partial charge is 0.372 e. The minimum absolute atomic E-state index is 0.242. The maximum Gasteiger partial charge on any atom is 0.0369 e. The minimum Gasteiger partial charge on any atom is -0.372 e. The van der Waals surface area contributed by atoms with Crippen LogP contribution in [-0.2, 0) is 6.42 Å². The van der Waals surface area contributed by atoms with Crippen molar-refractivity contribution >= 4 is 5.69 Å². The fraction of sp³-hybridized carbons (Fsp3) is 0.647. The van der Waals surface area contributed by atoms with E-state index in [0.717, 1.165) is 6.42 Å². The third kappa shape index (κ3) is 4.24. The van der Waals surface area contributed by atoms with E-state index in [1.165, 1.54) is 62.0 Å². The van der Waals surface area contributed by atoms with Gasteiger partial charge >= 0.3 is 0 Å². The summed E-state index contributed by atoms with van der Waals surface area (Å²) in [7, 11) is 0. The fourth-order valence-corrected chi connectivity index (χ4v) is 2.96. The molecule has 1 unspecified atom stereocenters. The van der Waals surface area contributed by atoms with Crippen LogP contribution in [0.5, 0.6) is 0 Å². The summed E-state index contributed by atoms with van der Waals surface area (Å²) in [5.41, 5.74) is 10.1. The van der Waals surface area contributed by atoms with Crippen molar-refractivity contribution in [1.29, 1.82) is 0 Å². The lowest BCUT2D eigenvalue weighted by molar-refractivity contribution is 0.556. The highest BCUT2D eigenvalue weighted by molar-refractivity contribution is 5.51. The van der Waals surface area contributed by atoms with Crippen molar-refractivity contribution in [2.75, 3.05) is 18.0 Å². The van der Waals surface area contributed by atoms with Gasteiger partial charge in [0, 0.05) is 24.8 Å². The summed E-state index contributed by atoms with van der Waals surface area (Å²) >= 11 is 0. The highest BCUT2D eigenvalue weighted by atomic mass is 15.1. The topological polar surface area (TPSA) is 29.3 Å². The molecule has 2 N–H and O–H groups in total. The number of nitrogens with two attached hydrogens (primary N) is 1. The predicted octanol–water partition coefficient (Wildman–Crippen LogP) is 3.66. The van der Waals surface area contributed by atoms with E-state index in [0.29, 0.717) is 0 Å². The summed E-state index contributed by atoms with van der Waals surface area (Å²) in [5, 5.41) is 0. The van der Waals surface area contributed by atoms with Crippen LogP contribution in [0.1, 0.15) is 50.2 Å². The summed E-state index contributed by atoms with van der Waals surface area (Å²) in [6, 6.07) is 7.14. The lowest BCUT2D eigenvalue weighted by atomic mass is 10.0. The Morgan fingerprint density at radius 1 is 1.11 bits per heavy atom. The predicted molar refractivity (Wildman–Crippen MR) is 83.8 cm³/mol. The molecule has 2 rings (SSSR count). The van der Waals surface area contributed by atoms with Gasteiger partial charge in [-0.05, 0) is 56.4 Å². The summed E-state index contributed by atoms with van der Waals surface area (Å²) in [5.74, 6) is 0. The van der Waals surface area contributed by atoms with Crippen molar-refractivity contribution in [3.8, 4) is 0 Å². The van der Waals surface area contributed by atoms with E-state index in [-0.39, 0.29) is 6.04 Å². The second-order valence-electron chi connectivity index (χ2n) is 6.05. The Bertz CT molecular complexity index is 390. The first kappa shape index (κ1) is 14.4. The fourth-order valence-electron chi connectivity index (χ4n) is 2.96. The van der Waals surface area contributed by atoms with Gasteiger partial charge in [-0.15, -0.1) is 0 Å². The Hall–Kier alpha value is -1.02. The zero-order valence-electron chi connectivity index (χ0n) is 12.5. The molecule has 1 atom stereocenters. The number of anilines is 1. The van der Waals surface area contributed by atoms with E-state index in [1.807, 2.05) is 0 Å². The second-order valence-corrected chi connectivity index (χ2v) is 6.05. The van der Waals surface area contributed by atoms with Crippen LogP contribution in [0.3, 0.4) is 0 Å². The van der Waals surface area contributed by atoms with Crippen LogP contribution in [0.2, 0.25) is 0 Å². The Labute approximate surface area is 118 Å². The molecule has 1 aliphatic heterocycles. The maximum absolute atomic E-state index is 5.90. The SMILES string of the molecule is Cc1cc(N2CCCCCCC2)ccc1CC(C)N. The normalized spacial score (nSPS) is 18.8. The molecule has 1 aliphatic rings. The Morgan fingerprint density at radius 3 is 2.32 bits per heavy atom. The summed E-state index contributed by atoms with van der Waals surface area (Å²) < 4.78 is 0. The Balaban J connectivity index is 2.08. The van der Waals surface area contributed by atoms with Crippen LogP contribution in [-0.4, -0.2) is 19.1 Å². The zero-order chi connectivity index (χ0) is 13.7. The molecule has 0 amide bonds. The van der Waals surface area contributed by atoms with Crippen LogP contribution in [0.25, 0.3) is 0 Å². The van der Waals surface area contributed by atoms with Crippen LogP contribution >= 0.6 is 0 Å². The van der Waals surface area contributed by atoms with Crippen LogP contribution in [0.15, 0.2) is 18.2 Å². The standard InChI is InChI=1S/C17H28N2/c1-14-12-17(9-8-16(14)13-15(2)18)19-10-6-4-3-5-7-11-19/h8-9,12,15H,3-7,10-11,13,18H2,1-2H3. The van der Waals surface area contributed by atoms with Gasteiger partial charge in [0.05, 0.1) is 0 Å². The molecule has 0 spiro atoms. The van der Waals surface area contributed by atoms with Crippen molar-refractivity contribution in [2.24, 2.45) is 5.73 Å². The van der Waals surface area contributed by atoms with Gasteiger partial charge in [0.1, 0.15) is 0 Å². The molecule has 1 aromatic carbocycles. The van der Waals surface area contributed by atoms with E-state index in [1.54, 1.807) is 0 Å². The molecule has 1 saturated heterocycles. The molecule has 1 aromatic rings. The number of nitrogens with zero attached hydrogens (tertiary/aromatic N) is 1. The van der Waals surface area contributed by atoms with Crippen molar-refractivity contribution in [3.05, 3.63) is 29.3 Å². The van der Waals surface area contributed by atoms with Crippen molar-refractivity contribution in [2.45, 2.75) is 58.4 Å². The first-order valence-electron chi connectivity index (χ1n) is 7.77. The van der Waals surface area contributed by atoms with E-state index in [2.05, 4.69) is 36.9 Å². The smallest absolute Gasteiger partial charge is 0.0369 e. The van der Waals surface area contributed by atoms with E-state index in [9.17, 15) is 0 Å². The first-order valence-corrected chi connectivity index (χ1v) is 7.77. The summed E-state index contributed by atoms with van der Waals surface area (Å²) in [4.78, 5) is 2.56. The highest BCUT2D eigenvalue weighted by Crippen LogP contribution is 2.22. The average molecular weight is 260 g/mol. The number of hydrogen-bond donors (Lipinski definition) is 1. The molecule has 1 fully saturated rings. The van der Waals surface area contributed by atoms with Gasteiger partial charge in [0.2, 0.25) is 0 Å². The van der Waals surface area contributed by atoms with E-state index < -0.39 is 0 Å². The van der Waals surface area contributed by atoms with Gasteiger partial charge in [0.15, 0.2) is 0 Å². The molecule has 0 saturated carbocycles. The Morgan fingerprint density at radius 2 is 1.74 bits per heavy atom. The third-order valence-electron chi connectivity index (χ3n) is 4.09. The van der Waals surface area contributed by atoms with Crippen molar-refractivity contribution < 1.29 is 0 Å². The van der Waals surface area contributed by atoms with Gasteiger partial charge < -0.3 is 10.6 Å². The van der Waals surface area contributed by atoms with Crippen LogP contribution < -0.4 is 10.6 Å². The van der Waals surface area contributed by atoms with E-state index in [4.69, 9.17) is 5.73 Å². The molecule has 0 radical (unpaired) electrons. The van der Waals surface area contributed by atoms with Crippen molar-refractivity contribution in [3.63, 3.8) is 0 Å². The zero-order valence-corrected chi connectivity index (χ0v) is 12.5. The van der Waals surface area contributed by atoms with Gasteiger partial charge in [-0.25, -0.2) is 0 Å². The molecule has 19 heavy (non-hydrogen) atoms. The van der Waals surface area contributed by atoms with Gasteiger partial charge in [-0.3, -0.25) is 0 Å². The molecule has 2 heteroatoms. The molecule has 1 heterocycles. The summed E-state index contributed by atoms with van der Waals surface area (Å²) in [6.07, 6.45) is 7.84. The molecule has 0 aliphatic carbocycles. The number of rotatable bonds is 3. The monoisotopic (exact) mass is 260 g/mol. The second kappa shape index (κ2) is 6.95. The molecular formula is C17H28N2. The van der Waals surface area contributed by atoms with Crippen LogP contribution in [0, 0.1) is 6.92 Å². The quantitative estimate of drug-likeness (QED) is 0.898. The van der Waals surface area contributed by atoms with E-state index >= 15 is 0 Å². The number of benzene rings is 1.